The fourth-order valence-electron chi connectivity index (χ4n) is 4.00. The first-order valence-electron chi connectivity index (χ1n) is 9.25. The number of aromatic nitrogens is 4. The molecule has 0 spiro atoms. The number of pyridine rings is 2. The topological polar surface area (TPSA) is 82.3 Å². The molecule has 1 N–H and O–H groups in total. The van der Waals surface area contributed by atoms with Crippen molar-refractivity contribution in [2.75, 3.05) is 14.2 Å². The minimum atomic E-state index is -4.63. The second-order valence-electron chi connectivity index (χ2n) is 7.14. The van der Waals surface area contributed by atoms with Gasteiger partial charge in [0.1, 0.15) is 5.69 Å². The molecule has 11 heteroatoms. The molecule has 32 heavy (non-hydrogen) atoms. The first-order valence-corrected chi connectivity index (χ1v) is 9.63. The van der Waals surface area contributed by atoms with Gasteiger partial charge in [0.2, 0.25) is 5.75 Å². The van der Waals surface area contributed by atoms with Crippen molar-refractivity contribution in [1.29, 1.82) is 0 Å². The van der Waals surface area contributed by atoms with E-state index in [9.17, 15) is 18.3 Å². The largest absolute Gasteiger partial charge is 0.490 e. The van der Waals surface area contributed by atoms with E-state index in [0.29, 0.717) is 16.5 Å². The average Bonchev–Trinajstić information content (AvgIpc) is 3.35. The van der Waals surface area contributed by atoms with Crippen molar-refractivity contribution in [3.05, 3.63) is 70.5 Å². The lowest BCUT2D eigenvalue weighted by Gasteiger charge is -2.24. The molecule has 1 aromatic carbocycles. The Balaban J connectivity index is 1.76. The Kier molecular flexibility index (Phi) is 4.37. The summed E-state index contributed by atoms with van der Waals surface area (Å²) in [7, 11) is 2.85. The zero-order chi connectivity index (χ0) is 22.8. The maximum absolute atomic E-state index is 13.2. The third-order valence-corrected chi connectivity index (χ3v) is 5.87. The Morgan fingerprint density at radius 1 is 1.12 bits per heavy atom. The molecule has 0 radical (unpaired) electrons. The summed E-state index contributed by atoms with van der Waals surface area (Å²) in [6.07, 6.45) is -0.861. The van der Waals surface area contributed by atoms with E-state index in [4.69, 9.17) is 21.1 Å². The van der Waals surface area contributed by atoms with Crippen molar-refractivity contribution >= 4 is 22.5 Å². The third-order valence-electron chi connectivity index (χ3n) is 5.49. The standard InChI is InChI=1S/C21H14ClF3N4O3/c1-31-18-17(22)11-5-10(3-4-13(11)28-19(18)32-2)20(30)12-7-27-15(21(23,24)25)6-14(12)29-9-26-8-16(20)29/h3-9,30H,1-2H3. The molecule has 5 rings (SSSR count). The molecule has 164 valence electrons. The number of nitrogens with zero attached hydrogens (tertiary/aromatic N) is 4. The average molecular weight is 463 g/mol. The number of imidazole rings is 1. The van der Waals surface area contributed by atoms with Crippen LogP contribution in [-0.4, -0.2) is 38.8 Å². The monoisotopic (exact) mass is 462 g/mol. The van der Waals surface area contributed by atoms with Crippen LogP contribution < -0.4 is 9.47 Å². The number of hydrogen-bond donors (Lipinski definition) is 1. The van der Waals surface area contributed by atoms with Crippen molar-refractivity contribution in [2.24, 2.45) is 0 Å². The highest BCUT2D eigenvalue weighted by atomic mass is 35.5. The number of methoxy groups -OCH3 is 2. The van der Waals surface area contributed by atoms with Crippen LogP contribution in [0, 0.1) is 0 Å². The van der Waals surface area contributed by atoms with Crippen LogP contribution in [0.1, 0.15) is 22.5 Å². The van der Waals surface area contributed by atoms with Gasteiger partial charge in [0.05, 0.1) is 48.7 Å². The highest BCUT2D eigenvalue weighted by Gasteiger charge is 2.46. The highest BCUT2D eigenvalue weighted by molar-refractivity contribution is 6.37. The van der Waals surface area contributed by atoms with E-state index in [0.717, 1.165) is 12.3 Å². The van der Waals surface area contributed by atoms with Gasteiger partial charge in [-0.25, -0.2) is 9.97 Å². The predicted molar refractivity (Wildman–Crippen MR) is 108 cm³/mol. The number of halogens is 4. The second-order valence-corrected chi connectivity index (χ2v) is 7.52. The van der Waals surface area contributed by atoms with Gasteiger partial charge in [0.15, 0.2) is 5.60 Å². The van der Waals surface area contributed by atoms with Crippen molar-refractivity contribution in [3.63, 3.8) is 0 Å². The summed E-state index contributed by atoms with van der Waals surface area (Å²) >= 11 is 6.52. The van der Waals surface area contributed by atoms with Crippen LogP contribution in [0.15, 0.2) is 43.0 Å². The van der Waals surface area contributed by atoms with Gasteiger partial charge in [-0.1, -0.05) is 17.7 Å². The molecule has 1 unspecified atom stereocenters. The third kappa shape index (κ3) is 2.69. The number of hydrogen-bond acceptors (Lipinski definition) is 6. The molecule has 1 aliphatic heterocycles. The van der Waals surface area contributed by atoms with Gasteiger partial charge in [-0.3, -0.25) is 9.55 Å². The summed E-state index contributed by atoms with van der Waals surface area (Å²) in [5.41, 5.74) is -1.44. The van der Waals surface area contributed by atoms with Crippen LogP contribution in [0.4, 0.5) is 13.2 Å². The van der Waals surface area contributed by atoms with Gasteiger partial charge >= 0.3 is 6.18 Å². The maximum Gasteiger partial charge on any atom is 0.433 e. The summed E-state index contributed by atoms with van der Waals surface area (Å²) in [5, 5.41) is 12.5. The van der Waals surface area contributed by atoms with Crippen molar-refractivity contribution in [2.45, 2.75) is 11.8 Å². The molecule has 0 aliphatic carbocycles. The van der Waals surface area contributed by atoms with Crippen LogP contribution in [0.25, 0.3) is 16.6 Å². The number of alkyl halides is 3. The SMILES string of the molecule is COc1nc2ccc(C3(O)c4cnc(C(F)(F)F)cc4-n4cncc43)cc2c(Cl)c1OC. The van der Waals surface area contributed by atoms with E-state index in [2.05, 4.69) is 15.0 Å². The normalized spacial score (nSPS) is 17.3. The van der Waals surface area contributed by atoms with Gasteiger partial charge in [0, 0.05) is 17.1 Å². The molecule has 1 aliphatic rings. The number of ether oxygens (including phenoxy) is 2. The van der Waals surface area contributed by atoms with E-state index < -0.39 is 17.5 Å². The molecule has 1 atom stereocenters. The molecule has 0 saturated carbocycles. The van der Waals surface area contributed by atoms with Crippen molar-refractivity contribution in [1.82, 2.24) is 19.5 Å². The van der Waals surface area contributed by atoms with Crippen LogP contribution in [0.3, 0.4) is 0 Å². The second kappa shape index (κ2) is 6.81. The molecule has 7 nitrogen and oxygen atoms in total. The minimum absolute atomic E-state index is 0.138. The lowest BCUT2D eigenvalue weighted by Crippen LogP contribution is -2.26. The maximum atomic E-state index is 13.2. The van der Waals surface area contributed by atoms with Gasteiger partial charge < -0.3 is 14.6 Å². The fraction of sp³-hybridized carbons (Fsp3) is 0.190. The van der Waals surface area contributed by atoms with E-state index in [1.54, 1.807) is 18.2 Å². The molecule has 0 bridgehead atoms. The van der Waals surface area contributed by atoms with Gasteiger partial charge in [-0.2, -0.15) is 13.2 Å². The lowest BCUT2D eigenvalue weighted by molar-refractivity contribution is -0.141. The highest BCUT2D eigenvalue weighted by Crippen LogP contribution is 2.48. The summed E-state index contributed by atoms with van der Waals surface area (Å²) < 4.78 is 51.6. The summed E-state index contributed by atoms with van der Waals surface area (Å²) in [6.45, 7) is 0. The van der Waals surface area contributed by atoms with E-state index in [1.165, 1.54) is 31.3 Å². The Hall–Kier alpha value is -3.37. The summed E-state index contributed by atoms with van der Waals surface area (Å²) in [5.74, 6) is 0.420. The summed E-state index contributed by atoms with van der Waals surface area (Å²) in [4.78, 5) is 11.9. The number of aliphatic hydroxyl groups is 1. The lowest BCUT2D eigenvalue weighted by atomic mass is 9.85. The van der Waals surface area contributed by atoms with Crippen LogP contribution in [0.2, 0.25) is 5.02 Å². The van der Waals surface area contributed by atoms with Gasteiger partial charge in [-0.05, 0) is 23.8 Å². The van der Waals surface area contributed by atoms with Crippen LogP contribution >= 0.6 is 11.6 Å². The Bertz CT molecular complexity index is 1390. The van der Waals surface area contributed by atoms with Gasteiger partial charge in [-0.15, -0.1) is 0 Å². The van der Waals surface area contributed by atoms with E-state index >= 15 is 0 Å². The number of benzene rings is 1. The van der Waals surface area contributed by atoms with E-state index in [1.807, 2.05) is 0 Å². The Morgan fingerprint density at radius 3 is 2.59 bits per heavy atom. The summed E-state index contributed by atoms with van der Waals surface area (Å²) in [6, 6.07) is 5.74. The van der Waals surface area contributed by atoms with E-state index in [-0.39, 0.29) is 33.6 Å². The van der Waals surface area contributed by atoms with Crippen LogP contribution in [-0.2, 0) is 11.8 Å². The smallest absolute Gasteiger partial charge is 0.433 e. The molecule has 4 aromatic rings. The number of fused-ring (bicyclic) bond motifs is 4. The van der Waals surface area contributed by atoms with Crippen LogP contribution in [0.5, 0.6) is 11.6 Å². The Labute approximate surface area is 184 Å². The molecule has 3 aromatic heterocycles. The molecule has 0 fully saturated rings. The fourth-order valence-corrected chi connectivity index (χ4v) is 4.31. The van der Waals surface area contributed by atoms with Crippen molar-refractivity contribution < 1.29 is 27.8 Å². The quantitative estimate of drug-likeness (QED) is 0.493. The molecular weight excluding hydrogens is 449 g/mol. The first kappa shape index (κ1) is 20.5. The predicted octanol–water partition coefficient (Wildman–Crippen LogP) is 4.10. The number of rotatable bonds is 3. The molecule has 4 heterocycles. The first-order chi connectivity index (χ1) is 15.2. The zero-order valence-corrected chi connectivity index (χ0v) is 17.4. The molecule has 0 saturated heterocycles. The Morgan fingerprint density at radius 2 is 1.91 bits per heavy atom. The zero-order valence-electron chi connectivity index (χ0n) is 16.6. The molecular formula is C21H14ClF3N4O3. The molecule has 0 amide bonds. The minimum Gasteiger partial charge on any atom is -0.490 e. The van der Waals surface area contributed by atoms with Gasteiger partial charge in [0.25, 0.3) is 5.88 Å². The van der Waals surface area contributed by atoms with Crippen molar-refractivity contribution in [3.8, 4) is 17.3 Å².